The van der Waals surface area contributed by atoms with Gasteiger partial charge in [-0.2, -0.15) is 13.2 Å². The predicted molar refractivity (Wildman–Crippen MR) is 107 cm³/mol. The fourth-order valence-electron chi connectivity index (χ4n) is 3.55. The molecule has 0 unspecified atom stereocenters. The third-order valence-electron chi connectivity index (χ3n) is 5.04. The quantitative estimate of drug-likeness (QED) is 0.518. The molecule has 29 heavy (non-hydrogen) atoms. The maximum absolute atomic E-state index is 13.8. The molecule has 0 saturated heterocycles. The molecule has 4 nitrogen and oxygen atoms in total. The smallest absolute Gasteiger partial charge is 0.418 e. The lowest BCUT2D eigenvalue weighted by molar-refractivity contribution is -0.136. The molecule has 2 aromatic carbocycles. The molecule has 0 N–H and O–H groups in total. The summed E-state index contributed by atoms with van der Waals surface area (Å²) in [5.74, 6) is 1.18. The fourth-order valence-corrected chi connectivity index (χ4v) is 3.55. The highest BCUT2D eigenvalue weighted by atomic mass is 19.4. The average Bonchev–Trinajstić information content (AvgIpc) is 3.03. The van der Waals surface area contributed by atoms with Crippen molar-refractivity contribution < 1.29 is 22.6 Å². The Balaban J connectivity index is 2.34. The molecule has 1 aromatic heterocycles. The van der Waals surface area contributed by atoms with Crippen LogP contribution in [0, 0.1) is 6.92 Å². The minimum Gasteiger partial charge on any atom is -0.494 e. The first kappa shape index (κ1) is 21.2. The lowest BCUT2D eigenvalue weighted by Gasteiger charge is -2.15. The molecule has 156 valence electrons. The van der Waals surface area contributed by atoms with Gasteiger partial charge in [0.2, 0.25) is 0 Å². The summed E-state index contributed by atoms with van der Waals surface area (Å²) in [6, 6.07) is 9.17. The maximum Gasteiger partial charge on any atom is 0.418 e. The van der Waals surface area contributed by atoms with Gasteiger partial charge in [0.15, 0.2) is 0 Å². The number of aromatic nitrogens is 2. The van der Waals surface area contributed by atoms with Crippen molar-refractivity contribution in [3.63, 3.8) is 0 Å². The fraction of sp³-hybridized carbons (Fsp3) is 0.409. The van der Waals surface area contributed by atoms with Crippen molar-refractivity contribution in [3.05, 3.63) is 47.0 Å². The number of rotatable bonds is 6. The standard InChI is InChI=1S/C22H25F3N2O2/c1-13(2)15-6-8-16(9-7-15)21-26-19-18(22(23,24)25)14(3)12-17(29-5)20(19)27(21)10-11-28-4/h6-9,12-13H,10-11H2,1-5H3. The first-order valence-electron chi connectivity index (χ1n) is 9.43. The minimum atomic E-state index is -4.52. The van der Waals surface area contributed by atoms with E-state index in [1.807, 2.05) is 24.3 Å². The summed E-state index contributed by atoms with van der Waals surface area (Å²) < 4.78 is 53.9. The Morgan fingerprint density at radius 1 is 1.10 bits per heavy atom. The van der Waals surface area contributed by atoms with Crippen LogP contribution in [-0.4, -0.2) is 30.4 Å². The van der Waals surface area contributed by atoms with Crippen molar-refractivity contribution in [1.29, 1.82) is 0 Å². The van der Waals surface area contributed by atoms with Gasteiger partial charge in [-0.15, -0.1) is 0 Å². The van der Waals surface area contributed by atoms with Crippen LogP contribution in [-0.2, 0) is 17.5 Å². The van der Waals surface area contributed by atoms with E-state index in [1.165, 1.54) is 20.1 Å². The number of alkyl halides is 3. The van der Waals surface area contributed by atoms with Crippen LogP contribution >= 0.6 is 0 Å². The van der Waals surface area contributed by atoms with E-state index in [9.17, 15) is 13.2 Å². The zero-order valence-electron chi connectivity index (χ0n) is 17.2. The van der Waals surface area contributed by atoms with Gasteiger partial charge in [0.05, 0.1) is 19.3 Å². The monoisotopic (exact) mass is 406 g/mol. The number of benzene rings is 2. The van der Waals surface area contributed by atoms with Gasteiger partial charge < -0.3 is 14.0 Å². The number of hydrogen-bond donors (Lipinski definition) is 0. The second kappa shape index (κ2) is 8.06. The number of aryl methyl sites for hydroxylation is 1. The largest absolute Gasteiger partial charge is 0.494 e. The molecule has 3 rings (SSSR count). The molecular weight excluding hydrogens is 381 g/mol. The van der Waals surface area contributed by atoms with E-state index in [0.717, 1.165) is 11.1 Å². The van der Waals surface area contributed by atoms with Gasteiger partial charge >= 0.3 is 6.18 Å². The molecule has 0 spiro atoms. The Kier molecular flexibility index (Phi) is 5.89. The predicted octanol–water partition coefficient (Wildman–Crippen LogP) is 5.81. The van der Waals surface area contributed by atoms with E-state index in [2.05, 4.69) is 18.8 Å². The highest BCUT2D eigenvalue weighted by Crippen LogP contribution is 2.42. The molecular formula is C22H25F3N2O2. The number of hydrogen-bond acceptors (Lipinski definition) is 3. The van der Waals surface area contributed by atoms with Crippen LogP contribution in [0.5, 0.6) is 5.75 Å². The summed E-state index contributed by atoms with van der Waals surface area (Å²) in [5, 5.41) is 0. The second-order valence-corrected chi connectivity index (χ2v) is 7.32. The van der Waals surface area contributed by atoms with Crippen molar-refractivity contribution >= 4 is 11.0 Å². The number of imidazole rings is 1. The van der Waals surface area contributed by atoms with E-state index in [-0.39, 0.29) is 11.1 Å². The van der Waals surface area contributed by atoms with Gasteiger partial charge in [0.1, 0.15) is 22.6 Å². The third kappa shape index (κ3) is 3.96. The van der Waals surface area contributed by atoms with Crippen LogP contribution in [0.3, 0.4) is 0 Å². The minimum absolute atomic E-state index is 0.0833. The normalized spacial score (nSPS) is 12.2. The number of methoxy groups -OCH3 is 2. The molecule has 0 atom stereocenters. The second-order valence-electron chi connectivity index (χ2n) is 7.32. The Morgan fingerprint density at radius 3 is 2.28 bits per heavy atom. The molecule has 0 bridgehead atoms. The molecule has 3 aromatic rings. The van der Waals surface area contributed by atoms with E-state index >= 15 is 0 Å². The molecule has 7 heteroatoms. The third-order valence-corrected chi connectivity index (χ3v) is 5.04. The van der Waals surface area contributed by atoms with Crippen molar-refractivity contribution in [3.8, 4) is 17.1 Å². The summed E-state index contributed by atoms with van der Waals surface area (Å²) >= 11 is 0. The first-order chi connectivity index (χ1) is 13.7. The van der Waals surface area contributed by atoms with Crippen LogP contribution in [0.15, 0.2) is 30.3 Å². The van der Waals surface area contributed by atoms with Gasteiger partial charge in [-0.1, -0.05) is 38.1 Å². The molecule has 0 amide bonds. The zero-order chi connectivity index (χ0) is 21.3. The topological polar surface area (TPSA) is 36.3 Å². The van der Waals surface area contributed by atoms with Gasteiger partial charge in [-0.25, -0.2) is 4.98 Å². The Labute approximate surface area is 168 Å². The number of nitrogens with zero attached hydrogens (tertiary/aromatic N) is 2. The van der Waals surface area contributed by atoms with Crippen LogP contribution in [0.25, 0.3) is 22.4 Å². The molecule has 0 aliphatic carbocycles. The summed E-state index contributed by atoms with van der Waals surface area (Å²) in [7, 11) is 3.00. The van der Waals surface area contributed by atoms with Gasteiger partial charge in [-0.3, -0.25) is 0 Å². The van der Waals surface area contributed by atoms with Gasteiger partial charge in [0, 0.05) is 19.2 Å². The Hall–Kier alpha value is -2.54. The van der Waals surface area contributed by atoms with E-state index < -0.39 is 11.7 Å². The van der Waals surface area contributed by atoms with Crippen LogP contribution in [0.4, 0.5) is 13.2 Å². The van der Waals surface area contributed by atoms with Crippen LogP contribution < -0.4 is 4.74 Å². The molecule has 0 aliphatic heterocycles. The first-order valence-corrected chi connectivity index (χ1v) is 9.43. The molecule has 0 aliphatic rings. The Morgan fingerprint density at radius 2 is 1.76 bits per heavy atom. The van der Waals surface area contributed by atoms with Gasteiger partial charge in [-0.05, 0) is 30.0 Å². The Bertz CT molecular complexity index is 1010. The number of fused-ring (bicyclic) bond motifs is 1. The van der Waals surface area contributed by atoms with Crippen molar-refractivity contribution in [2.24, 2.45) is 0 Å². The summed E-state index contributed by atoms with van der Waals surface area (Å²) in [5.41, 5.74) is 1.47. The summed E-state index contributed by atoms with van der Waals surface area (Å²) in [4.78, 5) is 4.45. The summed E-state index contributed by atoms with van der Waals surface area (Å²) in [6.07, 6.45) is -4.52. The number of halogens is 3. The van der Waals surface area contributed by atoms with Crippen molar-refractivity contribution in [2.45, 2.75) is 39.4 Å². The highest BCUT2D eigenvalue weighted by Gasteiger charge is 2.37. The maximum atomic E-state index is 13.8. The van der Waals surface area contributed by atoms with E-state index in [0.29, 0.717) is 36.2 Å². The van der Waals surface area contributed by atoms with E-state index in [4.69, 9.17) is 9.47 Å². The van der Waals surface area contributed by atoms with Crippen LogP contribution in [0.1, 0.15) is 36.5 Å². The summed E-state index contributed by atoms with van der Waals surface area (Å²) in [6.45, 7) is 6.29. The lowest BCUT2D eigenvalue weighted by Crippen LogP contribution is -2.10. The van der Waals surface area contributed by atoms with Crippen molar-refractivity contribution in [1.82, 2.24) is 9.55 Å². The zero-order valence-corrected chi connectivity index (χ0v) is 17.2. The molecule has 0 radical (unpaired) electrons. The molecule has 1 heterocycles. The molecule has 0 saturated carbocycles. The lowest BCUT2D eigenvalue weighted by atomic mass is 10.0. The SMILES string of the molecule is COCCn1c(-c2ccc(C(C)C)cc2)nc2c(C(F)(F)F)c(C)cc(OC)c21. The van der Waals surface area contributed by atoms with Crippen molar-refractivity contribution in [2.75, 3.05) is 20.8 Å². The van der Waals surface area contributed by atoms with Gasteiger partial charge in [0.25, 0.3) is 0 Å². The number of ether oxygens (including phenoxy) is 2. The highest BCUT2D eigenvalue weighted by molar-refractivity contribution is 5.90. The van der Waals surface area contributed by atoms with Crippen LogP contribution in [0.2, 0.25) is 0 Å². The average molecular weight is 406 g/mol. The van der Waals surface area contributed by atoms with E-state index in [1.54, 1.807) is 11.7 Å². The molecule has 0 fully saturated rings.